The summed E-state index contributed by atoms with van der Waals surface area (Å²) in [4.78, 5) is 15.2. The minimum absolute atomic E-state index is 0.238. The summed E-state index contributed by atoms with van der Waals surface area (Å²) in [5.41, 5.74) is 1.43. The molecule has 4 nitrogen and oxygen atoms in total. The monoisotopic (exact) mass is 234 g/mol. The zero-order valence-corrected chi connectivity index (χ0v) is 8.26. The highest BCUT2D eigenvalue weighted by Crippen LogP contribution is 2.29. The lowest BCUT2D eigenvalue weighted by Gasteiger charge is -2.08. The van der Waals surface area contributed by atoms with Gasteiger partial charge in [-0.25, -0.2) is 10.3 Å². The molecule has 0 atom stereocenters. The smallest absolute Gasteiger partial charge is 0.306 e. The Morgan fingerprint density at radius 3 is 2.25 bits per heavy atom. The second-order valence-electron chi connectivity index (χ2n) is 2.84. The molecule has 16 heavy (non-hydrogen) atoms. The van der Waals surface area contributed by atoms with E-state index in [1.165, 1.54) is 7.11 Å². The van der Waals surface area contributed by atoms with Crippen molar-refractivity contribution in [3.8, 4) is 0 Å². The maximum atomic E-state index is 12.2. The number of hydroxylamine groups is 1. The number of carbonyl (C=O) groups excluding carboxylic acids is 1. The van der Waals surface area contributed by atoms with Crippen LogP contribution in [0, 0.1) is 0 Å². The lowest BCUT2D eigenvalue weighted by atomic mass is 10.2. The molecule has 7 heteroatoms. The summed E-state index contributed by atoms with van der Waals surface area (Å²) in [5, 5.41) is 2.28. The van der Waals surface area contributed by atoms with Gasteiger partial charge in [0.15, 0.2) is 0 Å². The summed E-state index contributed by atoms with van der Waals surface area (Å²) < 4.78 is 36.5. The maximum Gasteiger partial charge on any atom is 0.416 e. The summed E-state index contributed by atoms with van der Waals surface area (Å²) in [5.74, 6) is 0. The van der Waals surface area contributed by atoms with Crippen LogP contribution in [-0.2, 0) is 11.0 Å². The molecule has 0 fully saturated rings. The van der Waals surface area contributed by atoms with Crippen LogP contribution in [0.2, 0.25) is 0 Å². The molecule has 0 spiro atoms. The largest absolute Gasteiger partial charge is 0.416 e. The van der Waals surface area contributed by atoms with Crippen LogP contribution in [0.15, 0.2) is 24.3 Å². The molecule has 0 aliphatic heterocycles. The topological polar surface area (TPSA) is 50.4 Å². The van der Waals surface area contributed by atoms with Gasteiger partial charge in [-0.3, -0.25) is 4.84 Å². The van der Waals surface area contributed by atoms with Crippen molar-refractivity contribution < 1.29 is 22.8 Å². The third kappa shape index (κ3) is 3.43. The number of nitrogens with one attached hydrogen (secondary N) is 2. The van der Waals surface area contributed by atoms with Crippen LogP contribution in [-0.4, -0.2) is 13.1 Å². The van der Waals surface area contributed by atoms with Gasteiger partial charge in [0, 0.05) is 5.69 Å². The fourth-order valence-corrected chi connectivity index (χ4v) is 0.992. The second kappa shape index (κ2) is 4.84. The Hall–Kier alpha value is -1.76. The number of hydrogen-bond donors (Lipinski definition) is 2. The minimum Gasteiger partial charge on any atom is -0.306 e. The van der Waals surface area contributed by atoms with E-state index in [4.69, 9.17) is 0 Å². The van der Waals surface area contributed by atoms with Crippen LogP contribution < -0.4 is 10.8 Å². The normalized spacial score (nSPS) is 11.0. The van der Waals surface area contributed by atoms with Gasteiger partial charge < -0.3 is 5.32 Å². The fourth-order valence-electron chi connectivity index (χ4n) is 0.992. The molecule has 2 amide bonds. The molecule has 1 aromatic carbocycles. The number of rotatable bonds is 2. The first-order valence-electron chi connectivity index (χ1n) is 4.20. The zero-order valence-electron chi connectivity index (χ0n) is 8.26. The van der Waals surface area contributed by atoms with Gasteiger partial charge in [-0.1, -0.05) is 0 Å². The van der Waals surface area contributed by atoms with Crippen LogP contribution in [0.3, 0.4) is 0 Å². The SMILES string of the molecule is CONC(=O)Nc1ccc(C(F)(F)F)cc1. The van der Waals surface area contributed by atoms with E-state index in [-0.39, 0.29) is 5.69 Å². The molecule has 1 rings (SSSR count). The first-order chi connectivity index (χ1) is 7.43. The second-order valence-corrected chi connectivity index (χ2v) is 2.84. The molecule has 0 saturated heterocycles. The van der Waals surface area contributed by atoms with Gasteiger partial charge in [0.25, 0.3) is 0 Å². The molecular formula is C9H9F3N2O2. The van der Waals surface area contributed by atoms with E-state index in [0.29, 0.717) is 0 Å². The Morgan fingerprint density at radius 2 is 1.81 bits per heavy atom. The van der Waals surface area contributed by atoms with E-state index in [2.05, 4.69) is 10.2 Å². The van der Waals surface area contributed by atoms with Gasteiger partial charge in [-0.05, 0) is 24.3 Å². The van der Waals surface area contributed by atoms with Gasteiger partial charge in [-0.2, -0.15) is 13.2 Å². The quantitative estimate of drug-likeness (QED) is 0.772. The number of carbonyl (C=O) groups is 1. The molecule has 0 aromatic heterocycles. The average Bonchev–Trinajstić information content (AvgIpc) is 2.17. The summed E-state index contributed by atoms with van der Waals surface area (Å²) in [7, 11) is 1.24. The number of halogens is 3. The highest BCUT2D eigenvalue weighted by molar-refractivity contribution is 5.88. The number of anilines is 1. The first-order valence-corrected chi connectivity index (χ1v) is 4.20. The number of hydrogen-bond acceptors (Lipinski definition) is 2. The Bertz CT molecular complexity index is 362. The third-order valence-electron chi connectivity index (χ3n) is 1.66. The van der Waals surface area contributed by atoms with Crippen molar-refractivity contribution in [3.05, 3.63) is 29.8 Å². The Balaban J connectivity index is 2.69. The summed E-state index contributed by atoms with van der Waals surface area (Å²) in [6.45, 7) is 0. The third-order valence-corrected chi connectivity index (χ3v) is 1.66. The molecule has 2 N–H and O–H groups in total. The van der Waals surface area contributed by atoms with Crippen molar-refractivity contribution in [2.24, 2.45) is 0 Å². The molecule has 0 bridgehead atoms. The van der Waals surface area contributed by atoms with Crippen LogP contribution >= 0.6 is 0 Å². The lowest BCUT2D eigenvalue weighted by Crippen LogP contribution is -2.27. The van der Waals surface area contributed by atoms with Crippen molar-refractivity contribution in [1.29, 1.82) is 0 Å². The maximum absolute atomic E-state index is 12.2. The van der Waals surface area contributed by atoms with E-state index >= 15 is 0 Å². The average molecular weight is 234 g/mol. The van der Waals surface area contributed by atoms with Crippen molar-refractivity contribution >= 4 is 11.7 Å². The molecule has 0 unspecified atom stereocenters. The Kier molecular flexibility index (Phi) is 3.73. The summed E-state index contributed by atoms with van der Waals surface area (Å²) in [6.07, 6.45) is -4.38. The number of amides is 2. The van der Waals surface area contributed by atoms with Gasteiger partial charge in [-0.15, -0.1) is 0 Å². The zero-order chi connectivity index (χ0) is 12.2. The summed E-state index contributed by atoms with van der Waals surface area (Å²) >= 11 is 0. The van der Waals surface area contributed by atoms with E-state index in [1.807, 2.05) is 5.48 Å². The van der Waals surface area contributed by atoms with Crippen LogP contribution in [0.25, 0.3) is 0 Å². The van der Waals surface area contributed by atoms with E-state index < -0.39 is 17.8 Å². The molecule has 0 saturated carbocycles. The van der Waals surface area contributed by atoms with E-state index in [0.717, 1.165) is 24.3 Å². The van der Waals surface area contributed by atoms with Gasteiger partial charge >= 0.3 is 12.2 Å². The highest BCUT2D eigenvalue weighted by atomic mass is 19.4. The first kappa shape index (κ1) is 12.3. The van der Waals surface area contributed by atoms with E-state index in [1.54, 1.807) is 0 Å². The van der Waals surface area contributed by atoms with Gasteiger partial charge in [0.2, 0.25) is 0 Å². The summed E-state index contributed by atoms with van der Waals surface area (Å²) in [6, 6.07) is 3.39. The minimum atomic E-state index is -4.38. The standard InChI is InChI=1S/C9H9F3N2O2/c1-16-14-8(15)13-7-4-2-6(3-5-7)9(10,11)12/h2-5H,1H3,(H2,13,14,15). The number of benzene rings is 1. The van der Waals surface area contributed by atoms with Gasteiger partial charge in [0.05, 0.1) is 12.7 Å². The van der Waals surface area contributed by atoms with Crippen LogP contribution in [0.1, 0.15) is 5.56 Å². The molecule has 88 valence electrons. The molecule has 0 heterocycles. The molecule has 0 aliphatic carbocycles. The lowest BCUT2D eigenvalue weighted by molar-refractivity contribution is -0.137. The van der Waals surface area contributed by atoms with Crippen LogP contribution in [0.5, 0.6) is 0 Å². The van der Waals surface area contributed by atoms with Crippen molar-refractivity contribution in [2.45, 2.75) is 6.18 Å². The molecular weight excluding hydrogens is 225 g/mol. The fraction of sp³-hybridized carbons (Fsp3) is 0.222. The molecule has 0 aliphatic rings. The molecule has 1 aromatic rings. The van der Waals surface area contributed by atoms with Crippen molar-refractivity contribution in [2.75, 3.05) is 12.4 Å². The molecule has 0 radical (unpaired) electrons. The predicted octanol–water partition coefficient (Wildman–Crippen LogP) is 2.39. The Labute approximate surface area is 89.4 Å². The van der Waals surface area contributed by atoms with Crippen LogP contribution in [0.4, 0.5) is 23.7 Å². The Morgan fingerprint density at radius 1 is 1.25 bits per heavy atom. The number of alkyl halides is 3. The number of urea groups is 1. The van der Waals surface area contributed by atoms with Crippen molar-refractivity contribution in [3.63, 3.8) is 0 Å². The van der Waals surface area contributed by atoms with Gasteiger partial charge in [0.1, 0.15) is 0 Å². The van der Waals surface area contributed by atoms with E-state index in [9.17, 15) is 18.0 Å². The van der Waals surface area contributed by atoms with Crippen molar-refractivity contribution in [1.82, 2.24) is 5.48 Å². The highest BCUT2D eigenvalue weighted by Gasteiger charge is 2.29. The predicted molar refractivity (Wildman–Crippen MR) is 50.6 cm³/mol.